The Labute approximate surface area is 88.1 Å². The molecule has 1 N–H and O–H groups in total. The number of hydrogen-bond acceptors (Lipinski definition) is 5. The Balaban J connectivity index is 3.23. The van der Waals surface area contributed by atoms with Gasteiger partial charge in [0.05, 0.1) is 19.0 Å². The molecule has 0 fully saturated rings. The third-order valence-electron chi connectivity index (χ3n) is 1.85. The predicted octanol–water partition coefficient (Wildman–Crippen LogP) is 1.27. The molecule has 1 rings (SSSR count). The van der Waals surface area contributed by atoms with Crippen LogP contribution in [0.2, 0.25) is 0 Å². The minimum Gasteiger partial charge on any atom is -0.504 e. The van der Waals surface area contributed by atoms with Gasteiger partial charge in [0, 0.05) is 5.41 Å². The number of methoxy groups -OCH3 is 1. The van der Waals surface area contributed by atoms with Crippen LogP contribution in [0.4, 0.5) is 0 Å². The van der Waals surface area contributed by atoms with Gasteiger partial charge in [0.15, 0.2) is 5.75 Å². The first-order valence-corrected chi connectivity index (χ1v) is 4.51. The number of esters is 1. The second-order valence-corrected chi connectivity index (χ2v) is 4.17. The van der Waals surface area contributed by atoms with E-state index in [4.69, 9.17) is 0 Å². The quantitative estimate of drug-likeness (QED) is 0.706. The molecule has 0 spiro atoms. The van der Waals surface area contributed by atoms with Crippen molar-refractivity contribution in [2.24, 2.45) is 0 Å². The van der Waals surface area contributed by atoms with Crippen molar-refractivity contribution in [3.05, 3.63) is 17.7 Å². The van der Waals surface area contributed by atoms with Crippen molar-refractivity contribution in [2.75, 3.05) is 7.11 Å². The molecule has 0 atom stereocenters. The van der Waals surface area contributed by atoms with E-state index in [1.54, 1.807) is 0 Å². The minimum absolute atomic E-state index is 0.0184. The number of aromatic nitrogens is 2. The topological polar surface area (TPSA) is 72.3 Å². The lowest BCUT2D eigenvalue weighted by Gasteiger charge is -2.18. The highest BCUT2D eigenvalue weighted by atomic mass is 16.5. The molecule has 0 saturated heterocycles. The van der Waals surface area contributed by atoms with E-state index in [1.807, 2.05) is 20.8 Å². The van der Waals surface area contributed by atoms with Gasteiger partial charge in [0.1, 0.15) is 0 Å². The summed E-state index contributed by atoms with van der Waals surface area (Å²) in [6.07, 6.45) is 1.21. The highest BCUT2D eigenvalue weighted by molar-refractivity contribution is 5.85. The molecule has 0 amide bonds. The molecule has 0 radical (unpaired) electrons. The molecular formula is C10H14N2O3. The molecular weight excluding hydrogens is 196 g/mol. The Morgan fingerprint density at radius 2 is 2.07 bits per heavy atom. The summed E-state index contributed by atoms with van der Waals surface area (Å²) < 4.78 is 4.50. The molecule has 82 valence electrons. The zero-order valence-electron chi connectivity index (χ0n) is 9.24. The van der Waals surface area contributed by atoms with Gasteiger partial charge in [-0.2, -0.15) is 0 Å². The SMILES string of the molecule is COC(=O)c1ncc(O)c(C(C)(C)C)n1. The van der Waals surface area contributed by atoms with Crippen molar-refractivity contribution in [1.82, 2.24) is 9.97 Å². The first kappa shape index (κ1) is 11.4. The number of carbonyl (C=O) groups excluding carboxylic acids is 1. The maximum absolute atomic E-state index is 11.2. The summed E-state index contributed by atoms with van der Waals surface area (Å²) in [5.41, 5.74) is 0.0772. The number of aromatic hydroxyl groups is 1. The first-order valence-electron chi connectivity index (χ1n) is 4.51. The molecule has 0 aliphatic carbocycles. The Hall–Kier alpha value is -1.65. The minimum atomic E-state index is -0.611. The molecule has 0 unspecified atom stereocenters. The number of nitrogens with zero attached hydrogens (tertiary/aromatic N) is 2. The highest BCUT2D eigenvalue weighted by Crippen LogP contribution is 2.27. The molecule has 0 aromatic carbocycles. The zero-order valence-corrected chi connectivity index (χ0v) is 9.24. The molecule has 0 saturated carbocycles. The van der Waals surface area contributed by atoms with Gasteiger partial charge in [0.25, 0.3) is 0 Å². The third-order valence-corrected chi connectivity index (χ3v) is 1.85. The molecule has 15 heavy (non-hydrogen) atoms. The van der Waals surface area contributed by atoms with E-state index < -0.39 is 5.97 Å². The third kappa shape index (κ3) is 2.43. The lowest BCUT2D eigenvalue weighted by atomic mass is 9.91. The fourth-order valence-electron chi connectivity index (χ4n) is 1.12. The van der Waals surface area contributed by atoms with Crippen LogP contribution in [0, 0.1) is 0 Å². The molecule has 5 heteroatoms. The van der Waals surface area contributed by atoms with Crippen molar-refractivity contribution in [3.8, 4) is 5.75 Å². The van der Waals surface area contributed by atoms with Gasteiger partial charge in [-0.3, -0.25) is 0 Å². The standard InChI is InChI=1S/C10H14N2O3/c1-10(2,3)7-6(13)5-11-8(12-7)9(14)15-4/h5,13H,1-4H3. The first-order chi connectivity index (χ1) is 6.86. The van der Waals surface area contributed by atoms with Gasteiger partial charge in [0.2, 0.25) is 5.82 Å². The number of ether oxygens (including phenoxy) is 1. The lowest BCUT2D eigenvalue weighted by molar-refractivity contribution is 0.0586. The van der Waals surface area contributed by atoms with E-state index in [2.05, 4.69) is 14.7 Å². The van der Waals surface area contributed by atoms with Crippen LogP contribution in [0.25, 0.3) is 0 Å². The van der Waals surface area contributed by atoms with Crippen LogP contribution in [0.15, 0.2) is 6.20 Å². The normalized spacial score (nSPS) is 11.2. The maximum atomic E-state index is 11.2. The Morgan fingerprint density at radius 3 is 2.53 bits per heavy atom. The molecule has 1 aromatic rings. The molecule has 0 aliphatic rings. The van der Waals surface area contributed by atoms with Gasteiger partial charge in [-0.05, 0) is 0 Å². The fourth-order valence-corrected chi connectivity index (χ4v) is 1.12. The molecule has 5 nitrogen and oxygen atoms in total. The predicted molar refractivity (Wildman–Crippen MR) is 53.7 cm³/mol. The van der Waals surface area contributed by atoms with Crippen LogP contribution in [-0.2, 0) is 10.2 Å². The maximum Gasteiger partial charge on any atom is 0.376 e. The van der Waals surface area contributed by atoms with Crippen LogP contribution in [-0.4, -0.2) is 28.2 Å². The molecule has 1 aromatic heterocycles. The largest absolute Gasteiger partial charge is 0.504 e. The van der Waals surface area contributed by atoms with Gasteiger partial charge >= 0.3 is 5.97 Å². The summed E-state index contributed by atoms with van der Waals surface area (Å²) in [6, 6.07) is 0. The van der Waals surface area contributed by atoms with Crippen LogP contribution < -0.4 is 0 Å². The van der Waals surface area contributed by atoms with E-state index in [1.165, 1.54) is 13.3 Å². The summed E-state index contributed by atoms with van der Waals surface area (Å²) in [7, 11) is 1.26. The Morgan fingerprint density at radius 1 is 1.47 bits per heavy atom. The summed E-state index contributed by atoms with van der Waals surface area (Å²) in [5.74, 6) is -0.670. The van der Waals surface area contributed by atoms with Gasteiger partial charge < -0.3 is 9.84 Å². The second kappa shape index (κ2) is 3.84. The van der Waals surface area contributed by atoms with E-state index in [0.29, 0.717) is 5.69 Å². The van der Waals surface area contributed by atoms with Crippen LogP contribution >= 0.6 is 0 Å². The van der Waals surface area contributed by atoms with Crippen molar-refractivity contribution in [1.29, 1.82) is 0 Å². The number of rotatable bonds is 1. The van der Waals surface area contributed by atoms with E-state index in [-0.39, 0.29) is 17.0 Å². The Bertz CT molecular complexity index is 383. The number of hydrogen-bond donors (Lipinski definition) is 1. The summed E-state index contributed by atoms with van der Waals surface area (Å²) in [5, 5.41) is 9.55. The summed E-state index contributed by atoms with van der Waals surface area (Å²) >= 11 is 0. The molecule has 0 aliphatic heterocycles. The monoisotopic (exact) mass is 210 g/mol. The van der Waals surface area contributed by atoms with Crippen LogP contribution in [0.5, 0.6) is 5.75 Å². The average molecular weight is 210 g/mol. The zero-order chi connectivity index (χ0) is 11.6. The summed E-state index contributed by atoms with van der Waals surface area (Å²) in [4.78, 5) is 18.8. The second-order valence-electron chi connectivity index (χ2n) is 4.17. The number of carbonyl (C=O) groups is 1. The smallest absolute Gasteiger partial charge is 0.376 e. The van der Waals surface area contributed by atoms with Gasteiger partial charge in [-0.15, -0.1) is 0 Å². The summed E-state index contributed by atoms with van der Waals surface area (Å²) in [6.45, 7) is 5.66. The molecule has 0 bridgehead atoms. The van der Waals surface area contributed by atoms with Gasteiger partial charge in [-0.25, -0.2) is 14.8 Å². The van der Waals surface area contributed by atoms with Crippen LogP contribution in [0.3, 0.4) is 0 Å². The van der Waals surface area contributed by atoms with Crippen molar-refractivity contribution in [3.63, 3.8) is 0 Å². The lowest BCUT2D eigenvalue weighted by Crippen LogP contribution is -2.17. The van der Waals surface area contributed by atoms with Crippen LogP contribution in [0.1, 0.15) is 37.1 Å². The van der Waals surface area contributed by atoms with Gasteiger partial charge in [-0.1, -0.05) is 20.8 Å². The highest BCUT2D eigenvalue weighted by Gasteiger charge is 2.22. The van der Waals surface area contributed by atoms with Crippen molar-refractivity contribution >= 4 is 5.97 Å². The van der Waals surface area contributed by atoms with E-state index in [9.17, 15) is 9.90 Å². The van der Waals surface area contributed by atoms with Crippen molar-refractivity contribution < 1.29 is 14.6 Å². The van der Waals surface area contributed by atoms with E-state index >= 15 is 0 Å². The molecule has 1 heterocycles. The fraction of sp³-hybridized carbons (Fsp3) is 0.500. The van der Waals surface area contributed by atoms with E-state index in [0.717, 1.165) is 0 Å². The average Bonchev–Trinajstić information content (AvgIpc) is 2.15. The Kier molecular flexibility index (Phi) is 2.93. The van der Waals surface area contributed by atoms with Crippen molar-refractivity contribution in [2.45, 2.75) is 26.2 Å².